The molecule has 2 heterocycles. The van der Waals surface area contributed by atoms with Gasteiger partial charge in [0.25, 0.3) is 5.91 Å². The van der Waals surface area contributed by atoms with Crippen LogP contribution in [0, 0.1) is 5.82 Å². The Morgan fingerprint density at radius 2 is 2.06 bits per heavy atom. The minimum Gasteiger partial charge on any atom is -0.494 e. The van der Waals surface area contributed by atoms with Crippen LogP contribution >= 0.6 is 23.1 Å². The van der Waals surface area contributed by atoms with Gasteiger partial charge in [0.2, 0.25) is 5.88 Å². The van der Waals surface area contributed by atoms with E-state index in [0.717, 1.165) is 44.0 Å². The Bertz CT molecular complexity index is 984. The summed E-state index contributed by atoms with van der Waals surface area (Å²) in [4.78, 5) is 26.6. The first kappa shape index (κ1) is 25.0. The smallest absolute Gasteiger partial charge is 0.319 e. The quantitative estimate of drug-likeness (QED) is 0.406. The number of hydrogen-bond donors (Lipinski definition) is 3. The zero-order valence-corrected chi connectivity index (χ0v) is 19.9. The molecular weight excluding hydrogens is 473 g/mol. The molecule has 1 aliphatic heterocycles. The number of primary amides is 1. The number of hydrogen-bond acceptors (Lipinski definition) is 7. The largest absolute Gasteiger partial charge is 0.494 e. The molecule has 4 N–H and O–H groups in total. The lowest BCUT2D eigenvalue weighted by atomic mass is 10.2. The molecule has 0 saturated carbocycles. The van der Waals surface area contributed by atoms with E-state index < -0.39 is 17.8 Å². The molecule has 1 aromatic heterocycles. The van der Waals surface area contributed by atoms with Crippen LogP contribution in [0.5, 0.6) is 11.6 Å². The van der Waals surface area contributed by atoms with Gasteiger partial charge in [0, 0.05) is 12.1 Å². The molecular formula is C21H27ClFN5O4S. The number of carbonyl (C=O) groups excluding carboxylic acids is 2. The Morgan fingerprint density at radius 3 is 2.76 bits per heavy atom. The van der Waals surface area contributed by atoms with Gasteiger partial charge in [0.1, 0.15) is 17.2 Å². The molecule has 1 aliphatic rings. The maximum atomic E-state index is 14.5. The van der Waals surface area contributed by atoms with E-state index >= 15 is 0 Å². The highest BCUT2D eigenvalue weighted by molar-refractivity contribution is 7.11. The fourth-order valence-electron chi connectivity index (χ4n) is 3.50. The number of amides is 3. The van der Waals surface area contributed by atoms with E-state index in [-0.39, 0.29) is 39.4 Å². The Hall–Kier alpha value is -2.63. The van der Waals surface area contributed by atoms with E-state index in [0.29, 0.717) is 6.54 Å². The third-order valence-corrected chi connectivity index (χ3v) is 6.34. The van der Waals surface area contributed by atoms with Crippen LogP contribution < -0.4 is 25.8 Å². The lowest BCUT2D eigenvalue weighted by Crippen LogP contribution is -2.30. The SMILES string of the molecule is COc1ccc(Cl)c(COc2nsc(NC(=O)NCCCCN3CCCC3)c2C(N)=O)c1F. The van der Waals surface area contributed by atoms with E-state index in [4.69, 9.17) is 26.8 Å². The second-order valence-corrected chi connectivity index (χ2v) is 8.70. The lowest BCUT2D eigenvalue weighted by Gasteiger charge is -2.14. The number of halogens is 2. The fraction of sp³-hybridized carbons (Fsp3) is 0.476. The van der Waals surface area contributed by atoms with Gasteiger partial charge in [0.15, 0.2) is 11.6 Å². The normalized spacial score (nSPS) is 13.7. The monoisotopic (exact) mass is 499 g/mol. The van der Waals surface area contributed by atoms with E-state index in [9.17, 15) is 14.0 Å². The van der Waals surface area contributed by atoms with Crippen LogP contribution in [0.4, 0.5) is 14.2 Å². The van der Waals surface area contributed by atoms with Crippen molar-refractivity contribution in [2.75, 3.05) is 38.6 Å². The molecule has 33 heavy (non-hydrogen) atoms. The molecule has 0 bridgehead atoms. The second kappa shape index (κ2) is 12.0. The van der Waals surface area contributed by atoms with E-state index in [1.807, 2.05) is 0 Å². The zero-order valence-electron chi connectivity index (χ0n) is 18.3. The second-order valence-electron chi connectivity index (χ2n) is 7.52. The number of carbonyl (C=O) groups is 2. The van der Waals surface area contributed by atoms with E-state index in [1.165, 1.54) is 32.1 Å². The molecule has 12 heteroatoms. The average Bonchev–Trinajstić information content (AvgIpc) is 3.43. The van der Waals surface area contributed by atoms with Crippen molar-refractivity contribution in [2.24, 2.45) is 5.73 Å². The standard InChI is InChI=1S/C21H27ClFN5O4S/c1-31-15-7-6-14(22)13(17(15)23)12-32-19-16(18(24)29)20(33-27-19)26-21(30)25-8-2-3-9-28-10-4-5-11-28/h6-7H,2-5,8-12H2,1H3,(H2,24,29)(H2,25,26,30). The molecule has 0 unspecified atom stereocenters. The average molecular weight is 500 g/mol. The van der Waals surface area contributed by atoms with Crippen molar-refractivity contribution in [1.29, 1.82) is 0 Å². The molecule has 2 aromatic rings. The molecule has 1 aromatic carbocycles. The molecule has 9 nitrogen and oxygen atoms in total. The van der Waals surface area contributed by atoms with Crippen molar-refractivity contribution in [1.82, 2.24) is 14.6 Å². The van der Waals surface area contributed by atoms with Gasteiger partial charge in [-0.25, -0.2) is 9.18 Å². The van der Waals surface area contributed by atoms with Gasteiger partial charge in [0.05, 0.1) is 12.1 Å². The first-order valence-electron chi connectivity index (χ1n) is 10.6. The first-order chi connectivity index (χ1) is 15.9. The fourth-order valence-corrected chi connectivity index (χ4v) is 4.44. The van der Waals surface area contributed by atoms with Crippen LogP contribution in [0.2, 0.25) is 5.02 Å². The predicted octanol–water partition coefficient (Wildman–Crippen LogP) is 3.62. The molecule has 180 valence electrons. The lowest BCUT2D eigenvalue weighted by molar-refractivity contribution is 0.0996. The summed E-state index contributed by atoms with van der Waals surface area (Å²) in [7, 11) is 1.33. The minimum absolute atomic E-state index is 0.00543. The van der Waals surface area contributed by atoms with E-state index in [1.54, 1.807) is 0 Å². The number of unbranched alkanes of at least 4 members (excludes halogenated alkanes) is 1. The van der Waals surface area contributed by atoms with Crippen LogP contribution in [0.1, 0.15) is 41.6 Å². The van der Waals surface area contributed by atoms with Crippen molar-refractivity contribution < 1.29 is 23.5 Å². The number of rotatable bonds is 11. The summed E-state index contributed by atoms with van der Waals surface area (Å²) in [5.41, 5.74) is 5.41. The summed E-state index contributed by atoms with van der Waals surface area (Å²) in [6, 6.07) is 2.39. The van der Waals surface area contributed by atoms with Crippen molar-refractivity contribution in [3.8, 4) is 11.6 Å². The molecule has 3 amide bonds. The number of likely N-dealkylation sites (tertiary alicyclic amines) is 1. The predicted molar refractivity (Wildman–Crippen MR) is 125 cm³/mol. The van der Waals surface area contributed by atoms with Gasteiger partial charge in [-0.2, -0.15) is 4.37 Å². The number of ether oxygens (including phenoxy) is 2. The number of aromatic nitrogens is 1. The number of nitrogens with one attached hydrogen (secondary N) is 2. The van der Waals surface area contributed by atoms with Gasteiger partial charge in [-0.3, -0.25) is 10.1 Å². The van der Waals surface area contributed by atoms with Crippen LogP contribution in [0.3, 0.4) is 0 Å². The van der Waals surface area contributed by atoms with Crippen molar-refractivity contribution in [2.45, 2.75) is 32.3 Å². The van der Waals surface area contributed by atoms with Crippen molar-refractivity contribution >= 4 is 40.1 Å². The highest BCUT2D eigenvalue weighted by Gasteiger charge is 2.23. The van der Waals surface area contributed by atoms with Crippen LogP contribution in [-0.2, 0) is 6.61 Å². The van der Waals surface area contributed by atoms with Crippen LogP contribution in [0.15, 0.2) is 12.1 Å². The molecule has 1 fully saturated rings. The number of nitrogens with two attached hydrogens (primary N) is 1. The maximum absolute atomic E-state index is 14.5. The number of anilines is 1. The third-order valence-electron chi connectivity index (χ3n) is 5.24. The van der Waals surface area contributed by atoms with Gasteiger partial charge < -0.3 is 25.4 Å². The summed E-state index contributed by atoms with van der Waals surface area (Å²) in [5.74, 6) is -1.63. The maximum Gasteiger partial charge on any atom is 0.319 e. The Kier molecular flexibility index (Phi) is 9.10. The molecule has 0 aliphatic carbocycles. The number of urea groups is 1. The molecule has 1 saturated heterocycles. The topological polar surface area (TPSA) is 119 Å². The first-order valence-corrected chi connectivity index (χ1v) is 11.8. The van der Waals surface area contributed by atoms with Gasteiger partial charge >= 0.3 is 6.03 Å². The molecule has 0 atom stereocenters. The Morgan fingerprint density at radius 1 is 1.30 bits per heavy atom. The van der Waals surface area contributed by atoms with Gasteiger partial charge in [-0.15, -0.1) is 0 Å². The van der Waals surface area contributed by atoms with Crippen LogP contribution in [-0.4, -0.2) is 54.5 Å². The zero-order chi connectivity index (χ0) is 23.8. The summed E-state index contributed by atoms with van der Waals surface area (Å²) < 4.78 is 29.0. The number of nitrogens with zero attached hydrogens (tertiary/aromatic N) is 2. The van der Waals surface area contributed by atoms with E-state index in [2.05, 4.69) is 19.9 Å². The minimum atomic E-state index is -0.836. The summed E-state index contributed by atoms with van der Waals surface area (Å²) in [5, 5.41) is 5.61. The van der Waals surface area contributed by atoms with Crippen molar-refractivity contribution in [3.05, 3.63) is 34.1 Å². The summed E-state index contributed by atoms with van der Waals surface area (Å²) in [6.07, 6.45) is 4.35. The Balaban J connectivity index is 1.54. The molecule has 0 spiro atoms. The number of methoxy groups -OCH3 is 1. The molecule has 3 rings (SSSR count). The molecule has 0 radical (unpaired) electrons. The third kappa shape index (κ3) is 6.68. The highest BCUT2D eigenvalue weighted by atomic mass is 35.5. The highest BCUT2D eigenvalue weighted by Crippen LogP contribution is 2.33. The van der Waals surface area contributed by atoms with Crippen LogP contribution in [0.25, 0.3) is 0 Å². The Labute approximate surface area is 200 Å². The summed E-state index contributed by atoms with van der Waals surface area (Å²) in [6.45, 7) is 3.52. The number of benzene rings is 1. The van der Waals surface area contributed by atoms with Crippen molar-refractivity contribution in [3.63, 3.8) is 0 Å². The van der Waals surface area contributed by atoms with Gasteiger partial charge in [-0.1, -0.05) is 11.6 Å². The summed E-state index contributed by atoms with van der Waals surface area (Å²) >= 11 is 6.89. The van der Waals surface area contributed by atoms with Gasteiger partial charge in [-0.05, 0) is 69.0 Å².